The molecule has 2 heterocycles. The lowest BCUT2D eigenvalue weighted by molar-refractivity contribution is 0.479. The predicted octanol–water partition coefficient (Wildman–Crippen LogP) is 2.79. The van der Waals surface area contributed by atoms with Gasteiger partial charge >= 0.3 is 5.69 Å². The summed E-state index contributed by atoms with van der Waals surface area (Å²) < 4.78 is 1.91. The van der Waals surface area contributed by atoms with Crippen LogP contribution in [0.4, 0.5) is 5.82 Å². The van der Waals surface area contributed by atoms with Crippen molar-refractivity contribution in [3.63, 3.8) is 0 Å². The second-order valence-corrected chi connectivity index (χ2v) is 6.25. The Morgan fingerprint density at radius 2 is 1.91 bits per heavy atom. The smallest absolute Gasteiger partial charge is 0.348 e. The second kappa shape index (κ2) is 5.22. The zero-order valence-electron chi connectivity index (χ0n) is 13.0. The fraction of sp³-hybridized carbons (Fsp3) is 0.353. The van der Waals surface area contributed by atoms with E-state index < -0.39 is 5.69 Å². The van der Waals surface area contributed by atoms with E-state index in [0.717, 1.165) is 29.5 Å². The molecule has 0 aliphatic heterocycles. The average molecular weight is 309 g/mol. The van der Waals surface area contributed by atoms with Gasteiger partial charge in [-0.25, -0.2) is 9.48 Å². The molecule has 23 heavy (non-hydrogen) atoms. The van der Waals surface area contributed by atoms with Crippen LogP contribution in [0.15, 0.2) is 29.1 Å². The van der Waals surface area contributed by atoms with Crippen LogP contribution in [-0.2, 0) is 0 Å². The van der Waals surface area contributed by atoms with Crippen molar-refractivity contribution in [2.75, 3.05) is 5.73 Å². The highest BCUT2D eigenvalue weighted by molar-refractivity contribution is 5.98. The van der Waals surface area contributed by atoms with Gasteiger partial charge < -0.3 is 5.73 Å². The number of hydrogen-bond donors (Lipinski definition) is 2. The topological polar surface area (TPSA) is 89.6 Å². The largest absolute Gasteiger partial charge is 0.384 e. The Morgan fingerprint density at radius 3 is 2.61 bits per heavy atom. The molecule has 6 nitrogen and oxygen atoms in total. The third-order valence-corrected chi connectivity index (χ3v) is 4.60. The number of rotatable bonds is 2. The molecular weight excluding hydrogens is 290 g/mol. The molecule has 6 heteroatoms. The van der Waals surface area contributed by atoms with Gasteiger partial charge in [-0.1, -0.05) is 42.7 Å². The number of aromatic amines is 1. The SMILES string of the molecule is Cc1ccc(-c2nn(C3CCCC3)c3nc(=O)[nH]c(N)c23)cc1. The molecule has 1 saturated carbocycles. The van der Waals surface area contributed by atoms with Crippen LogP contribution in [0.3, 0.4) is 0 Å². The van der Waals surface area contributed by atoms with E-state index in [4.69, 9.17) is 10.8 Å². The lowest BCUT2D eigenvalue weighted by Crippen LogP contribution is -2.15. The first-order chi connectivity index (χ1) is 11.1. The van der Waals surface area contributed by atoms with E-state index >= 15 is 0 Å². The number of aryl methyl sites for hydroxylation is 1. The van der Waals surface area contributed by atoms with Crippen LogP contribution in [0, 0.1) is 6.92 Å². The van der Waals surface area contributed by atoms with Gasteiger partial charge in [0.25, 0.3) is 0 Å². The van der Waals surface area contributed by atoms with Gasteiger partial charge in [0.2, 0.25) is 0 Å². The number of H-pyrrole nitrogens is 1. The van der Waals surface area contributed by atoms with Gasteiger partial charge in [0.05, 0.1) is 11.4 Å². The van der Waals surface area contributed by atoms with Crippen molar-refractivity contribution in [1.82, 2.24) is 19.7 Å². The van der Waals surface area contributed by atoms with Gasteiger partial charge in [-0.2, -0.15) is 10.1 Å². The van der Waals surface area contributed by atoms with Crippen molar-refractivity contribution in [1.29, 1.82) is 0 Å². The molecule has 4 rings (SSSR count). The minimum absolute atomic E-state index is 0.297. The van der Waals surface area contributed by atoms with Crippen molar-refractivity contribution in [2.24, 2.45) is 0 Å². The van der Waals surface area contributed by atoms with Gasteiger partial charge in [0, 0.05) is 5.56 Å². The van der Waals surface area contributed by atoms with E-state index in [1.54, 1.807) is 0 Å². The van der Waals surface area contributed by atoms with Crippen LogP contribution in [0.1, 0.15) is 37.3 Å². The lowest BCUT2D eigenvalue weighted by atomic mass is 10.1. The maximum Gasteiger partial charge on any atom is 0.348 e. The molecule has 1 fully saturated rings. The van der Waals surface area contributed by atoms with E-state index in [2.05, 4.69) is 9.97 Å². The van der Waals surface area contributed by atoms with Crippen LogP contribution in [-0.4, -0.2) is 19.7 Å². The van der Waals surface area contributed by atoms with Gasteiger partial charge in [0.15, 0.2) is 5.65 Å². The maximum absolute atomic E-state index is 11.8. The number of fused-ring (bicyclic) bond motifs is 1. The Bertz CT molecular complexity index is 917. The molecule has 1 aliphatic carbocycles. The summed E-state index contributed by atoms with van der Waals surface area (Å²) in [5.74, 6) is 0.333. The highest BCUT2D eigenvalue weighted by atomic mass is 16.1. The highest BCUT2D eigenvalue weighted by Crippen LogP contribution is 2.36. The molecule has 0 spiro atoms. The molecule has 0 bridgehead atoms. The third kappa shape index (κ3) is 2.30. The molecule has 2 aromatic heterocycles. The Balaban J connectivity index is 2.00. The predicted molar refractivity (Wildman–Crippen MR) is 90.2 cm³/mol. The summed E-state index contributed by atoms with van der Waals surface area (Å²) in [4.78, 5) is 18.5. The number of nitrogens with one attached hydrogen (secondary N) is 1. The van der Waals surface area contributed by atoms with Crippen molar-refractivity contribution in [2.45, 2.75) is 38.6 Å². The number of nitrogens with two attached hydrogens (primary N) is 1. The van der Waals surface area contributed by atoms with Crippen LogP contribution in [0.25, 0.3) is 22.3 Å². The molecule has 0 unspecified atom stereocenters. The highest BCUT2D eigenvalue weighted by Gasteiger charge is 2.24. The Morgan fingerprint density at radius 1 is 1.22 bits per heavy atom. The van der Waals surface area contributed by atoms with Crippen LogP contribution in [0.5, 0.6) is 0 Å². The summed E-state index contributed by atoms with van der Waals surface area (Å²) in [6.45, 7) is 2.05. The molecule has 1 aliphatic rings. The van der Waals surface area contributed by atoms with Crippen molar-refractivity contribution in [3.05, 3.63) is 40.3 Å². The Labute approximate surface area is 133 Å². The minimum atomic E-state index is -0.426. The maximum atomic E-state index is 11.8. The zero-order valence-corrected chi connectivity index (χ0v) is 13.0. The van der Waals surface area contributed by atoms with E-state index in [0.29, 0.717) is 17.5 Å². The summed E-state index contributed by atoms with van der Waals surface area (Å²) in [5.41, 5.74) is 9.21. The molecular formula is C17H19N5O. The van der Waals surface area contributed by atoms with Crippen molar-refractivity contribution in [3.8, 4) is 11.3 Å². The second-order valence-electron chi connectivity index (χ2n) is 6.25. The number of benzene rings is 1. The van der Waals surface area contributed by atoms with Crippen LogP contribution < -0.4 is 11.4 Å². The summed E-state index contributed by atoms with van der Waals surface area (Å²) in [5, 5.41) is 5.52. The summed E-state index contributed by atoms with van der Waals surface area (Å²) >= 11 is 0. The molecule has 3 aromatic rings. The van der Waals surface area contributed by atoms with E-state index in [9.17, 15) is 4.79 Å². The fourth-order valence-electron chi connectivity index (χ4n) is 3.40. The molecule has 1 aromatic carbocycles. The van der Waals surface area contributed by atoms with E-state index in [1.807, 2.05) is 35.9 Å². The number of aromatic nitrogens is 4. The molecule has 3 N–H and O–H groups in total. The van der Waals surface area contributed by atoms with Gasteiger partial charge in [-0.3, -0.25) is 4.98 Å². The Hall–Kier alpha value is -2.63. The number of hydrogen-bond acceptors (Lipinski definition) is 4. The van der Waals surface area contributed by atoms with Crippen LogP contribution >= 0.6 is 0 Å². The number of anilines is 1. The lowest BCUT2D eigenvalue weighted by Gasteiger charge is -2.10. The first-order valence-electron chi connectivity index (χ1n) is 7.98. The zero-order chi connectivity index (χ0) is 16.0. The molecule has 0 amide bonds. The van der Waals surface area contributed by atoms with Gasteiger partial charge in [0.1, 0.15) is 11.5 Å². The number of nitrogens with zero attached hydrogens (tertiary/aromatic N) is 3. The normalized spacial score (nSPS) is 15.5. The summed E-state index contributed by atoms with van der Waals surface area (Å²) in [7, 11) is 0. The molecule has 0 saturated heterocycles. The van der Waals surface area contributed by atoms with Crippen molar-refractivity contribution < 1.29 is 0 Å². The quantitative estimate of drug-likeness (QED) is 0.761. The average Bonchev–Trinajstić information content (AvgIpc) is 3.15. The Kier molecular flexibility index (Phi) is 3.18. The first kappa shape index (κ1) is 14.0. The molecule has 118 valence electrons. The van der Waals surface area contributed by atoms with E-state index in [-0.39, 0.29) is 0 Å². The molecule has 0 radical (unpaired) electrons. The van der Waals surface area contributed by atoms with Crippen LogP contribution in [0.2, 0.25) is 0 Å². The minimum Gasteiger partial charge on any atom is -0.384 e. The van der Waals surface area contributed by atoms with E-state index in [1.165, 1.54) is 18.4 Å². The third-order valence-electron chi connectivity index (χ3n) is 4.60. The molecule has 0 atom stereocenters. The summed E-state index contributed by atoms with van der Waals surface area (Å²) in [6.07, 6.45) is 4.51. The van der Waals surface area contributed by atoms with Gasteiger partial charge in [-0.15, -0.1) is 0 Å². The summed E-state index contributed by atoms with van der Waals surface area (Å²) in [6, 6.07) is 8.45. The van der Waals surface area contributed by atoms with Gasteiger partial charge in [-0.05, 0) is 19.8 Å². The first-order valence-corrected chi connectivity index (χ1v) is 7.98. The fourth-order valence-corrected chi connectivity index (χ4v) is 3.40. The standard InChI is InChI=1S/C17H19N5O/c1-10-6-8-11(9-7-10)14-13-15(18)19-17(23)20-16(13)22(21-14)12-4-2-3-5-12/h6-9,12H,2-5H2,1H3,(H3,18,19,20,23). The number of nitrogen functional groups attached to an aromatic ring is 1. The monoisotopic (exact) mass is 309 g/mol. The van der Waals surface area contributed by atoms with Crippen molar-refractivity contribution >= 4 is 16.9 Å².